The lowest BCUT2D eigenvalue weighted by atomic mass is 10.1. The van der Waals surface area contributed by atoms with E-state index in [0.717, 1.165) is 25.9 Å². The molecule has 0 saturated carbocycles. The number of amides is 1. The lowest BCUT2D eigenvalue weighted by Crippen LogP contribution is -2.46. The average Bonchev–Trinajstić information content (AvgIpc) is 2.41. The fraction of sp³-hybridized carbons (Fsp3) is 0.462. The lowest BCUT2D eigenvalue weighted by Gasteiger charge is -2.31. The zero-order valence-corrected chi connectivity index (χ0v) is 12.2. The molecule has 0 bridgehead atoms. The molecule has 1 heterocycles. The Kier molecular flexibility index (Phi) is 6.04. The van der Waals surface area contributed by atoms with Gasteiger partial charge < -0.3 is 10.2 Å². The van der Waals surface area contributed by atoms with Gasteiger partial charge in [0.15, 0.2) is 0 Å². The maximum Gasteiger partial charge on any atom is 0.253 e. The summed E-state index contributed by atoms with van der Waals surface area (Å²) < 4.78 is 13.1. The molecule has 3 nitrogen and oxygen atoms in total. The van der Waals surface area contributed by atoms with Crippen LogP contribution in [0.15, 0.2) is 18.2 Å². The lowest BCUT2D eigenvalue weighted by molar-refractivity contribution is 0.0708. The van der Waals surface area contributed by atoms with E-state index < -0.39 is 5.82 Å². The molecule has 2 rings (SSSR count). The van der Waals surface area contributed by atoms with Gasteiger partial charge in [-0.3, -0.25) is 4.79 Å². The van der Waals surface area contributed by atoms with Crippen LogP contribution in [0.3, 0.4) is 0 Å². The zero-order chi connectivity index (χ0) is 13.1. The van der Waals surface area contributed by atoms with Crippen LogP contribution in [-0.4, -0.2) is 37.0 Å². The molecule has 0 spiro atoms. The number of nitrogens with zero attached hydrogens (tertiary/aromatic N) is 1. The van der Waals surface area contributed by atoms with E-state index in [2.05, 4.69) is 5.32 Å². The highest BCUT2D eigenvalue weighted by atomic mass is 35.5. The molecule has 1 aliphatic rings. The second kappa shape index (κ2) is 7.08. The smallest absolute Gasteiger partial charge is 0.253 e. The molecule has 1 saturated heterocycles. The summed E-state index contributed by atoms with van der Waals surface area (Å²) in [7, 11) is 1.78. The first kappa shape index (κ1) is 16.2. The number of carbonyl (C=O) groups is 1. The molecule has 6 heteroatoms. The number of piperidine rings is 1. The predicted octanol–water partition coefficient (Wildman–Crippen LogP) is 2.72. The van der Waals surface area contributed by atoms with Crippen LogP contribution in [0.1, 0.15) is 23.2 Å². The van der Waals surface area contributed by atoms with E-state index in [4.69, 9.17) is 11.6 Å². The molecule has 0 radical (unpaired) electrons. The Labute approximate surface area is 123 Å². The summed E-state index contributed by atoms with van der Waals surface area (Å²) in [6.45, 7) is 1.80. The van der Waals surface area contributed by atoms with Gasteiger partial charge in [0.05, 0.1) is 5.02 Å². The second-order valence-corrected chi connectivity index (χ2v) is 4.95. The number of hydrogen-bond donors (Lipinski definition) is 1. The van der Waals surface area contributed by atoms with Crippen molar-refractivity contribution in [1.29, 1.82) is 0 Å². The summed E-state index contributed by atoms with van der Waals surface area (Å²) in [6, 6.07) is 4.26. The van der Waals surface area contributed by atoms with Crippen molar-refractivity contribution in [3.05, 3.63) is 34.6 Å². The van der Waals surface area contributed by atoms with Gasteiger partial charge in [-0.1, -0.05) is 11.6 Å². The van der Waals surface area contributed by atoms with Gasteiger partial charge >= 0.3 is 0 Å². The summed E-state index contributed by atoms with van der Waals surface area (Å²) in [4.78, 5) is 13.9. The minimum absolute atomic E-state index is 0. The second-order valence-electron chi connectivity index (χ2n) is 4.55. The first-order valence-corrected chi connectivity index (χ1v) is 6.40. The first-order valence-electron chi connectivity index (χ1n) is 6.02. The fourth-order valence-electron chi connectivity index (χ4n) is 2.16. The van der Waals surface area contributed by atoms with Crippen LogP contribution in [0.4, 0.5) is 4.39 Å². The molecule has 1 atom stereocenters. The van der Waals surface area contributed by atoms with Crippen molar-refractivity contribution in [3.8, 4) is 0 Å². The van der Waals surface area contributed by atoms with Crippen molar-refractivity contribution in [3.63, 3.8) is 0 Å². The van der Waals surface area contributed by atoms with Gasteiger partial charge in [-0.25, -0.2) is 4.39 Å². The van der Waals surface area contributed by atoms with E-state index in [-0.39, 0.29) is 29.4 Å². The van der Waals surface area contributed by atoms with Crippen molar-refractivity contribution in [1.82, 2.24) is 10.2 Å². The SMILES string of the molecule is CN(C(=O)c1ccc(F)c(Cl)c1)[C@@H]1CCCNC1.Cl. The van der Waals surface area contributed by atoms with E-state index >= 15 is 0 Å². The molecule has 1 aliphatic heterocycles. The van der Waals surface area contributed by atoms with Gasteiger partial charge in [-0.05, 0) is 37.6 Å². The number of benzene rings is 1. The third-order valence-corrected chi connectivity index (χ3v) is 3.60. The van der Waals surface area contributed by atoms with Crippen LogP contribution in [0.25, 0.3) is 0 Å². The highest BCUT2D eigenvalue weighted by molar-refractivity contribution is 6.31. The van der Waals surface area contributed by atoms with Crippen molar-refractivity contribution in [2.24, 2.45) is 0 Å². The van der Waals surface area contributed by atoms with E-state index in [1.165, 1.54) is 18.2 Å². The third-order valence-electron chi connectivity index (χ3n) is 3.31. The van der Waals surface area contributed by atoms with E-state index in [9.17, 15) is 9.18 Å². The highest BCUT2D eigenvalue weighted by Crippen LogP contribution is 2.18. The first-order chi connectivity index (χ1) is 8.59. The van der Waals surface area contributed by atoms with Crippen molar-refractivity contribution < 1.29 is 9.18 Å². The van der Waals surface area contributed by atoms with Crippen molar-refractivity contribution in [2.45, 2.75) is 18.9 Å². The highest BCUT2D eigenvalue weighted by Gasteiger charge is 2.23. The Morgan fingerprint density at radius 3 is 2.84 bits per heavy atom. The topological polar surface area (TPSA) is 32.3 Å². The summed E-state index contributed by atoms with van der Waals surface area (Å²) in [5, 5.41) is 3.25. The molecule has 1 fully saturated rings. The van der Waals surface area contributed by atoms with Gasteiger partial charge in [0.25, 0.3) is 5.91 Å². The van der Waals surface area contributed by atoms with Crippen LogP contribution < -0.4 is 5.32 Å². The van der Waals surface area contributed by atoms with Gasteiger partial charge in [0.2, 0.25) is 0 Å². The Bertz CT molecular complexity index is 450. The maximum atomic E-state index is 13.1. The van der Waals surface area contributed by atoms with E-state index in [1.807, 2.05) is 0 Å². The standard InChI is InChI=1S/C13H16ClFN2O.ClH/c1-17(10-3-2-6-16-8-10)13(18)9-4-5-12(15)11(14)7-9;/h4-5,7,10,16H,2-3,6,8H2,1H3;1H/t10-;/m1./s1. The molecule has 19 heavy (non-hydrogen) atoms. The molecule has 1 aromatic carbocycles. The number of hydrogen-bond acceptors (Lipinski definition) is 2. The van der Waals surface area contributed by atoms with Crippen molar-refractivity contribution >= 4 is 29.9 Å². The summed E-state index contributed by atoms with van der Waals surface area (Å²) in [5.41, 5.74) is 0.425. The van der Waals surface area contributed by atoms with E-state index in [1.54, 1.807) is 11.9 Å². The summed E-state index contributed by atoms with van der Waals surface area (Å²) >= 11 is 5.69. The van der Waals surface area contributed by atoms with Crippen LogP contribution in [0.2, 0.25) is 5.02 Å². The normalized spacial score (nSPS) is 18.6. The molecule has 0 aromatic heterocycles. The number of halogens is 3. The summed E-state index contributed by atoms with van der Waals surface area (Å²) in [5.74, 6) is -0.624. The maximum absolute atomic E-state index is 13.1. The number of rotatable bonds is 2. The molecular formula is C13H17Cl2FN2O. The third kappa shape index (κ3) is 3.81. The Balaban J connectivity index is 0.00000180. The monoisotopic (exact) mass is 306 g/mol. The van der Waals surface area contributed by atoms with E-state index in [0.29, 0.717) is 5.56 Å². The number of carbonyl (C=O) groups excluding carboxylic acids is 1. The van der Waals surface area contributed by atoms with Gasteiger partial charge in [0, 0.05) is 25.2 Å². The fourth-order valence-corrected chi connectivity index (χ4v) is 2.34. The van der Waals surface area contributed by atoms with Crippen LogP contribution in [0.5, 0.6) is 0 Å². The minimum Gasteiger partial charge on any atom is -0.337 e. The summed E-state index contributed by atoms with van der Waals surface area (Å²) in [6.07, 6.45) is 2.05. The Morgan fingerprint density at radius 2 is 2.26 bits per heavy atom. The molecule has 1 N–H and O–H groups in total. The molecule has 106 valence electrons. The van der Waals surface area contributed by atoms with Crippen molar-refractivity contribution in [2.75, 3.05) is 20.1 Å². The minimum atomic E-state index is -0.504. The largest absolute Gasteiger partial charge is 0.337 e. The Hall–Kier alpha value is -0.840. The average molecular weight is 307 g/mol. The molecule has 0 unspecified atom stereocenters. The predicted molar refractivity (Wildman–Crippen MR) is 76.6 cm³/mol. The molecule has 1 aromatic rings. The van der Waals surface area contributed by atoms with Crippen LogP contribution >= 0.6 is 24.0 Å². The zero-order valence-electron chi connectivity index (χ0n) is 10.7. The van der Waals surface area contributed by atoms with Gasteiger partial charge in [0.1, 0.15) is 5.82 Å². The van der Waals surface area contributed by atoms with Crippen LogP contribution in [0, 0.1) is 5.82 Å². The number of nitrogens with one attached hydrogen (secondary N) is 1. The Morgan fingerprint density at radius 1 is 1.53 bits per heavy atom. The van der Waals surface area contributed by atoms with Gasteiger partial charge in [-0.2, -0.15) is 0 Å². The van der Waals surface area contributed by atoms with Gasteiger partial charge in [-0.15, -0.1) is 12.4 Å². The molecule has 1 amide bonds. The number of likely N-dealkylation sites (N-methyl/N-ethyl adjacent to an activating group) is 1. The molecular weight excluding hydrogens is 290 g/mol. The quantitative estimate of drug-likeness (QED) is 0.911. The van der Waals surface area contributed by atoms with Crippen LogP contribution in [-0.2, 0) is 0 Å². The molecule has 0 aliphatic carbocycles.